The van der Waals surface area contributed by atoms with E-state index in [1.54, 1.807) is 24.3 Å². The fraction of sp³-hybridized carbons (Fsp3) is 0.273. The van der Waals surface area contributed by atoms with Gasteiger partial charge in [0.15, 0.2) is 5.52 Å². The number of piperidine rings is 1. The first kappa shape index (κ1) is 19.6. The lowest BCUT2D eigenvalue weighted by Gasteiger charge is -2.33. The van der Waals surface area contributed by atoms with Gasteiger partial charge in [0.1, 0.15) is 5.75 Å². The van der Waals surface area contributed by atoms with E-state index in [2.05, 4.69) is 15.2 Å². The molecule has 1 saturated heterocycles. The molecule has 1 aliphatic rings. The van der Waals surface area contributed by atoms with Gasteiger partial charge >= 0.3 is 0 Å². The highest BCUT2D eigenvalue weighted by Crippen LogP contribution is 2.34. The Hall–Kier alpha value is -3.68. The number of phenolic OH excluding ortho intramolecular Hbond substituents is 1. The SMILES string of the molecule is Cc1cc(N2CCC(C(=O)Nc3ccccc3O)CC2)c2cccc([N+](=O)[O-])c2n1. The lowest BCUT2D eigenvalue weighted by atomic mass is 9.95. The largest absolute Gasteiger partial charge is 0.506 e. The predicted octanol–water partition coefficient (Wildman–Crippen LogP) is 4.01. The van der Waals surface area contributed by atoms with E-state index in [4.69, 9.17) is 0 Å². The van der Waals surface area contributed by atoms with Crippen molar-refractivity contribution in [2.75, 3.05) is 23.3 Å². The van der Waals surface area contributed by atoms with Crippen molar-refractivity contribution in [3.63, 3.8) is 0 Å². The van der Waals surface area contributed by atoms with Gasteiger partial charge in [-0.1, -0.05) is 24.3 Å². The van der Waals surface area contributed by atoms with E-state index >= 15 is 0 Å². The van der Waals surface area contributed by atoms with Gasteiger partial charge in [-0.25, -0.2) is 4.98 Å². The Morgan fingerprint density at radius 1 is 1.20 bits per heavy atom. The molecule has 1 aliphatic heterocycles. The van der Waals surface area contributed by atoms with Crippen LogP contribution in [0.4, 0.5) is 17.1 Å². The van der Waals surface area contributed by atoms with Crippen LogP contribution in [0.2, 0.25) is 0 Å². The molecule has 0 radical (unpaired) electrons. The molecular formula is C22H22N4O4. The molecule has 154 valence electrons. The van der Waals surface area contributed by atoms with Crippen LogP contribution in [0.5, 0.6) is 5.75 Å². The van der Waals surface area contributed by atoms with Crippen molar-refractivity contribution in [3.8, 4) is 5.75 Å². The number of anilines is 2. The van der Waals surface area contributed by atoms with E-state index in [0.717, 1.165) is 11.1 Å². The number of hydrogen-bond acceptors (Lipinski definition) is 6. The third-order valence-corrected chi connectivity index (χ3v) is 5.49. The monoisotopic (exact) mass is 406 g/mol. The number of pyridine rings is 1. The van der Waals surface area contributed by atoms with E-state index in [1.807, 2.05) is 19.1 Å². The number of aryl methyl sites for hydroxylation is 1. The molecule has 1 aromatic heterocycles. The number of nitro benzene ring substituents is 1. The highest BCUT2D eigenvalue weighted by atomic mass is 16.6. The molecule has 1 fully saturated rings. The summed E-state index contributed by atoms with van der Waals surface area (Å²) in [5.41, 5.74) is 2.41. The summed E-state index contributed by atoms with van der Waals surface area (Å²) in [4.78, 5) is 30.2. The summed E-state index contributed by atoms with van der Waals surface area (Å²) in [6, 6.07) is 13.6. The molecule has 8 heteroatoms. The number of nitrogens with one attached hydrogen (secondary N) is 1. The number of hydrogen-bond donors (Lipinski definition) is 2. The number of aromatic hydroxyl groups is 1. The smallest absolute Gasteiger partial charge is 0.295 e. The zero-order valence-corrected chi connectivity index (χ0v) is 16.5. The number of amides is 1. The minimum Gasteiger partial charge on any atom is -0.506 e. The maximum Gasteiger partial charge on any atom is 0.295 e. The Bertz CT molecular complexity index is 1120. The number of carbonyl (C=O) groups excluding carboxylic acids is 1. The summed E-state index contributed by atoms with van der Waals surface area (Å²) in [7, 11) is 0. The van der Waals surface area contributed by atoms with Crippen LogP contribution in [0, 0.1) is 23.0 Å². The first-order valence-corrected chi connectivity index (χ1v) is 9.82. The molecule has 0 aliphatic carbocycles. The minimum absolute atomic E-state index is 0.00520. The maximum atomic E-state index is 12.6. The fourth-order valence-corrected chi connectivity index (χ4v) is 3.95. The van der Waals surface area contributed by atoms with E-state index in [-0.39, 0.29) is 23.3 Å². The molecule has 30 heavy (non-hydrogen) atoms. The van der Waals surface area contributed by atoms with Gasteiger partial charge in [-0.15, -0.1) is 0 Å². The molecule has 1 amide bonds. The maximum absolute atomic E-state index is 12.6. The molecule has 0 spiro atoms. The second-order valence-electron chi connectivity index (χ2n) is 7.48. The van der Waals surface area contributed by atoms with Gasteiger partial charge in [0.05, 0.1) is 10.6 Å². The van der Waals surface area contributed by atoms with Gasteiger partial charge in [-0.3, -0.25) is 14.9 Å². The molecule has 2 aromatic carbocycles. The Kier molecular flexibility index (Phi) is 5.22. The standard InChI is InChI=1S/C22H22N4O4/c1-14-13-19(16-5-4-7-18(26(29)30)21(16)23-14)25-11-9-15(10-12-25)22(28)24-17-6-2-3-8-20(17)27/h2-8,13,15,27H,9-12H2,1H3,(H,24,28). The van der Waals surface area contributed by atoms with E-state index in [1.165, 1.54) is 12.1 Å². The number of rotatable bonds is 4. The third-order valence-electron chi connectivity index (χ3n) is 5.49. The van der Waals surface area contributed by atoms with Crippen LogP contribution in [0.1, 0.15) is 18.5 Å². The van der Waals surface area contributed by atoms with Gasteiger partial charge in [0.2, 0.25) is 5.91 Å². The molecule has 8 nitrogen and oxygen atoms in total. The van der Waals surface area contributed by atoms with Crippen LogP contribution < -0.4 is 10.2 Å². The number of aromatic nitrogens is 1. The molecule has 0 bridgehead atoms. The van der Waals surface area contributed by atoms with Crippen molar-refractivity contribution in [2.45, 2.75) is 19.8 Å². The van der Waals surface area contributed by atoms with E-state index in [9.17, 15) is 20.0 Å². The highest BCUT2D eigenvalue weighted by Gasteiger charge is 2.27. The lowest BCUT2D eigenvalue weighted by Crippen LogP contribution is -2.38. The summed E-state index contributed by atoms with van der Waals surface area (Å²) in [5, 5.41) is 24.8. The van der Waals surface area contributed by atoms with Gasteiger partial charge in [-0.05, 0) is 38.0 Å². The zero-order valence-electron chi connectivity index (χ0n) is 16.5. The van der Waals surface area contributed by atoms with Crippen molar-refractivity contribution in [2.24, 2.45) is 5.92 Å². The molecule has 2 heterocycles. The summed E-state index contributed by atoms with van der Waals surface area (Å²) in [6.07, 6.45) is 1.30. The van der Waals surface area contributed by atoms with Gasteiger partial charge in [-0.2, -0.15) is 0 Å². The normalized spacial score (nSPS) is 14.6. The number of benzene rings is 2. The van der Waals surface area contributed by atoms with Crippen LogP contribution in [0.25, 0.3) is 10.9 Å². The van der Waals surface area contributed by atoms with Crippen molar-refractivity contribution in [3.05, 3.63) is 64.3 Å². The second kappa shape index (κ2) is 7.98. The highest BCUT2D eigenvalue weighted by molar-refractivity contribution is 5.97. The fourth-order valence-electron chi connectivity index (χ4n) is 3.95. The number of non-ortho nitro benzene ring substituents is 1. The summed E-state index contributed by atoms with van der Waals surface area (Å²) >= 11 is 0. The topological polar surface area (TPSA) is 109 Å². The van der Waals surface area contributed by atoms with Crippen molar-refractivity contribution in [1.82, 2.24) is 4.98 Å². The van der Waals surface area contributed by atoms with Crippen molar-refractivity contribution < 1.29 is 14.8 Å². The first-order chi connectivity index (χ1) is 14.4. The van der Waals surface area contributed by atoms with Gasteiger partial charge < -0.3 is 15.3 Å². The lowest BCUT2D eigenvalue weighted by molar-refractivity contribution is -0.383. The average molecular weight is 406 g/mol. The van der Waals surface area contributed by atoms with Crippen LogP contribution in [0.3, 0.4) is 0 Å². The minimum atomic E-state index is -0.409. The average Bonchev–Trinajstić information content (AvgIpc) is 2.74. The number of carbonyl (C=O) groups is 1. The Morgan fingerprint density at radius 3 is 2.63 bits per heavy atom. The molecule has 0 atom stereocenters. The quantitative estimate of drug-likeness (QED) is 0.385. The third kappa shape index (κ3) is 3.76. The summed E-state index contributed by atoms with van der Waals surface area (Å²) in [5.74, 6) is -0.226. The Balaban J connectivity index is 1.52. The van der Waals surface area contributed by atoms with Crippen molar-refractivity contribution in [1.29, 1.82) is 0 Å². The number of para-hydroxylation sites is 3. The van der Waals surface area contributed by atoms with Gasteiger partial charge in [0, 0.05) is 41.8 Å². The number of nitro groups is 1. The molecule has 2 N–H and O–H groups in total. The van der Waals surface area contributed by atoms with E-state index < -0.39 is 4.92 Å². The molecule has 4 rings (SSSR count). The molecule has 0 saturated carbocycles. The predicted molar refractivity (Wildman–Crippen MR) is 115 cm³/mol. The molecular weight excluding hydrogens is 384 g/mol. The summed E-state index contributed by atoms with van der Waals surface area (Å²) in [6.45, 7) is 3.13. The molecule has 0 unspecified atom stereocenters. The van der Waals surface area contributed by atoms with Crippen LogP contribution in [0.15, 0.2) is 48.5 Å². The molecule has 3 aromatic rings. The number of phenols is 1. The summed E-state index contributed by atoms with van der Waals surface area (Å²) < 4.78 is 0. The zero-order chi connectivity index (χ0) is 21.3. The van der Waals surface area contributed by atoms with Crippen molar-refractivity contribution >= 4 is 33.9 Å². The Labute approximate surface area is 173 Å². The van der Waals surface area contributed by atoms with Crippen LogP contribution >= 0.6 is 0 Å². The second-order valence-corrected chi connectivity index (χ2v) is 7.48. The first-order valence-electron chi connectivity index (χ1n) is 9.82. The van der Waals surface area contributed by atoms with Crippen LogP contribution in [-0.2, 0) is 4.79 Å². The van der Waals surface area contributed by atoms with E-state index in [0.29, 0.717) is 42.8 Å². The number of fused-ring (bicyclic) bond motifs is 1. The number of nitrogens with zero attached hydrogens (tertiary/aromatic N) is 3. The Morgan fingerprint density at radius 2 is 1.93 bits per heavy atom. The van der Waals surface area contributed by atoms with Gasteiger partial charge in [0.25, 0.3) is 5.69 Å². The van der Waals surface area contributed by atoms with Crippen LogP contribution in [-0.4, -0.2) is 34.0 Å².